The number of methoxy groups -OCH3 is 1. The number of hydrogen-bond donors (Lipinski definition) is 1. The van der Waals surface area contributed by atoms with E-state index in [4.69, 9.17) is 21.4 Å². The molecule has 2 aromatic carbocycles. The van der Waals surface area contributed by atoms with Gasteiger partial charge in [0.2, 0.25) is 0 Å². The van der Waals surface area contributed by atoms with Crippen LogP contribution in [0.4, 0.5) is 0 Å². The Balaban J connectivity index is 1.99. The van der Waals surface area contributed by atoms with Gasteiger partial charge in [0, 0.05) is 17.7 Å². The van der Waals surface area contributed by atoms with E-state index in [0.29, 0.717) is 22.8 Å². The fraction of sp³-hybridized carbons (Fsp3) is 0.385. The fourth-order valence-electron chi connectivity index (χ4n) is 3.90. The molecule has 170 valence electrons. The molecule has 3 aromatic rings. The summed E-state index contributed by atoms with van der Waals surface area (Å²) in [7, 11) is 1.73. The number of carboxylic acid groups (broad SMARTS) is 1. The second kappa shape index (κ2) is 10.3. The monoisotopic (exact) mass is 454 g/mol. The van der Waals surface area contributed by atoms with Gasteiger partial charge in [-0.05, 0) is 50.8 Å². The molecular formula is C26H31ClN2O3. The van der Waals surface area contributed by atoms with Gasteiger partial charge in [0.05, 0.1) is 22.7 Å². The maximum absolute atomic E-state index is 12.4. The Morgan fingerprint density at radius 2 is 1.91 bits per heavy atom. The zero-order valence-electron chi connectivity index (χ0n) is 19.1. The number of ether oxygens (including phenoxy) is 1. The predicted octanol–water partition coefficient (Wildman–Crippen LogP) is 6.66. The molecule has 5 nitrogen and oxygen atoms in total. The normalized spacial score (nSPS) is 12.7. The number of halogens is 1. The van der Waals surface area contributed by atoms with E-state index >= 15 is 0 Å². The molecule has 0 fully saturated rings. The van der Waals surface area contributed by atoms with Crippen LogP contribution in [0.2, 0.25) is 5.02 Å². The van der Waals surface area contributed by atoms with E-state index in [1.807, 2.05) is 42.5 Å². The highest BCUT2D eigenvalue weighted by Gasteiger charge is 2.26. The lowest BCUT2D eigenvalue weighted by Crippen LogP contribution is -2.22. The standard InChI is InChI=1S/C26H31ClN2O3/c1-18(10-9-15-26(2,3)32-4)16-22-23(25(30)31)24(19-11-6-5-7-12-19)29(28-22)21-14-8-13-20(27)17-21/h5-8,11-14,17-18H,9-10,15-16H2,1-4H3,(H,30,31). The Hall–Kier alpha value is -2.63. The summed E-state index contributed by atoms with van der Waals surface area (Å²) in [4.78, 5) is 12.4. The van der Waals surface area contributed by atoms with Gasteiger partial charge in [0.15, 0.2) is 0 Å². The molecule has 0 radical (unpaired) electrons. The zero-order chi connectivity index (χ0) is 23.3. The number of carbonyl (C=O) groups is 1. The number of carboxylic acids is 1. The van der Waals surface area contributed by atoms with Crippen LogP contribution in [0.15, 0.2) is 54.6 Å². The van der Waals surface area contributed by atoms with E-state index in [0.717, 1.165) is 30.5 Å². The highest BCUT2D eigenvalue weighted by atomic mass is 35.5. The fourth-order valence-corrected chi connectivity index (χ4v) is 4.08. The Bertz CT molecular complexity index is 1060. The molecule has 1 N–H and O–H groups in total. The van der Waals surface area contributed by atoms with Crippen LogP contribution in [0.5, 0.6) is 0 Å². The first kappa shape index (κ1) is 24.0. The Morgan fingerprint density at radius 3 is 2.53 bits per heavy atom. The van der Waals surface area contributed by atoms with Gasteiger partial charge in [-0.3, -0.25) is 0 Å². The molecule has 0 bridgehead atoms. The smallest absolute Gasteiger partial charge is 0.339 e. The van der Waals surface area contributed by atoms with Crippen LogP contribution >= 0.6 is 11.6 Å². The molecule has 0 aliphatic rings. The van der Waals surface area contributed by atoms with Gasteiger partial charge >= 0.3 is 5.97 Å². The number of benzene rings is 2. The van der Waals surface area contributed by atoms with Gasteiger partial charge < -0.3 is 9.84 Å². The third kappa shape index (κ3) is 5.78. The molecule has 0 saturated carbocycles. The summed E-state index contributed by atoms with van der Waals surface area (Å²) < 4.78 is 7.22. The maximum atomic E-state index is 12.4. The lowest BCUT2D eigenvalue weighted by molar-refractivity contribution is 0.0127. The minimum atomic E-state index is -0.972. The van der Waals surface area contributed by atoms with E-state index in [1.54, 1.807) is 23.9 Å². The van der Waals surface area contributed by atoms with Crippen molar-refractivity contribution in [2.75, 3.05) is 7.11 Å². The van der Waals surface area contributed by atoms with E-state index in [1.165, 1.54) is 0 Å². The van der Waals surface area contributed by atoms with Crippen molar-refractivity contribution in [3.63, 3.8) is 0 Å². The zero-order valence-corrected chi connectivity index (χ0v) is 19.9. The SMILES string of the molecule is COC(C)(C)CCCC(C)Cc1nn(-c2cccc(Cl)c2)c(-c2ccccc2)c1C(=O)O. The van der Waals surface area contributed by atoms with Crippen molar-refractivity contribution >= 4 is 17.6 Å². The van der Waals surface area contributed by atoms with Crippen LogP contribution in [0.25, 0.3) is 16.9 Å². The molecule has 0 spiro atoms. The second-order valence-corrected chi connectivity index (χ2v) is 9.33. The number of aromatic nitrogens is 2. The van der Waals surface area contributed by atoms with Crippen LogP contribution in [0, 0.1) is 5.92 Å². The molecule has 0 aliphatic carbocycles. The molecule has 1 atom stereocenters. The molecule has 3 rings (SSSR count). The van der Waals surface area contributed by atoms with Crippen molar-refractivity contribution in [3.05, 3.63) is 70.9 Å². The first-order chi connectivity index (χ1) is 15.2. The van der Waals surface area contributed by atoms with E-state index in [9.17, 15) is 9.90 Å². The molecule has 1 heterocycles. The Kier molecular flexibility index (Phi) is 7.75. The maximum Gasteiger partial charge on any atom is 0.339 e. The quantitative estimate of drug-likeness (QED) is 0.371. The number of hydrogen-bond acceptors (Lipinski definition) is 3. The Labute approximate surface area is 195 Å². The number of rotatable bonds is 10. The third-order valence-corrected chi connectivity index (χ3v) is 6.08. The van der Waals surface area contributed by atoms with Crippen molar-refractivity contribution in [2.24, 2.45) is 5.92 Å². The average molecular weight is 455 g/mol. The van der Waals surface area contributed by atoms with Crippen LogP contribution in [-0.2, 0) is 11.2 Å². The summed E-state index contributed by atoms with van der Waals surface area (Å²) in [6.07, 6.45) is 3.51. The molecule has 1 aromatic heterocycles. The molecule has 0 amide bonds. The van der Waals surface area contributed by atoms with Gasteiger partial charge in [0.25, 0.3) is 0 Å². The van der Waals surface area contributed by atoms with Crippen molar-refractivity contribution in [2.45, 2.75) is 52.1 Å². The Morgan fingerprint density at radius 1 is 1.19 bits per heavy atom. The van der Waals surface area contributed by atoms with E-state index in [2.05, 4.69) is 20.8 Å². The van der Waals surface area contributed by atoms with E-state index < -0.39 is 5.97 Å². The molecule has 0 saturated heterocycles. The van der Waals surface area contributed by atoms with Crippen LogP contribution in [0.3, 0.4) is 0 Å². The lowest BCUT2D eigenvalue weighted by Gasteiger charge is -2.23. The molecule has 0 aliphatic heterocycles. The average Bonchev–Trinajstić information content (AvgIpc) is 3.13. The van der Waals surface area contributed by atoms with Gasteiger partial charge in [-0.25, -0.2) is 9.48 Å². The van der Waals surface area contributed by atoms with Crippen LogP contribution < -0.4 is 0 Å². The lowest BCUT2D eigenvalue weighted by atomic mass is 9.92. The number of nitrogens with zero attached hydrogens (tertiary/aromatic N) is 2. The molecule has 32 heavy (non-hydrogen) atoms. The highest BCUT2D eigenvalue weighted by molar-refractivity contribution is 6.30. The van der Waals surface area contributed by atoms with Crippen LogP contribution in [0.1, 0.15) is 56.1 Å². The van der Waals surface area contributed by atoms with Crippen molar-refractivity contribution in [3.8, 4) is 16.9 Å². The minimum Gasteiger partial charge on any atom is -0.478 e. The van der Waals surface area contributed by atoms with Gasteiger partial charge in [-0.2, -0.15) is 5.10 Å². The summed E-state index contributed by atoms with van der Waals surface area (Å²) in [6.45, 7) is 6.31. The second-order valence-electron chi connectivity index (χ2n) is 8.90. The summed E-state index contributed by atoms with van der Waals surface area (Å²) >= 11 is 6.22. The van der Waals surface area contributed by atoms with E-state index in [-0.39, 0.29) is 17.1 Å². The summed E-state index contributed by atoms with van der Waals surface area (Å²) in [6, 6.07) is 16.8. The first-order valence-corrected chi connectivity index (χ1v) is 11.3. The highest BCUT2D eigenvalue weighted by Crippen LogP contribution is 2.32. The van der Waals surface area contributed by atoms with Gasteiger partial charge in [-0.15, -0.1) is 0 Å². The van der Waals surface area contributed by atoms with Gasteiger partial charge in [0.1, 0.15) is 5.56 Å². The third-order valence-electron chi connectivity index (χ3n) is 5.84. The van der Waals surface area contributed by atoms with Crippen LogP contribution in [-0.4, -0.2) is 33.6 Å². The van der Waals surface area contributed by atoms with Crippen molar-refractivity contribution in [1.29, 1.82) is 0 Å². The van der Waals surface area contributed by atoms with Crippen molar-refractivity contribution < 1.29 is 14.6 Å². The van der Waals surface area contributed by atoms with Crippen molar-refractivity contribution in [1.82, 2.24) is 9.78 Å². The number of aromatic carboxylic acids is 1. The minimum absolute atomic E-state index is 0.152. The topological polar surface area (TPSA) is 64.4 Å². The molecule has 1 unspecified atom stereocenters. The van der Waals surface area contributed by atoms with Gasteiger partial charge in [-0.1, -0.05) is 67.8 Å². The molecule has 6 heteroatoms. The summed E-state index contributed by atoms with van der Waals surface area (Å²) in [5.74, 6) is -0.688. The summed E-state index contributed by atoms with van der Waals surface area (Å²) in [5.41, 5.74) is 2.80. The summed E-state index contributed by atoms with van der Waals surface area (Å²) in [5, 5.41) is 15.5. The largest absolute Gasteiger partial charge is 0.478 e. The predicted molar refractivity (Wildman–Crippen MR) is 129 cm³/mol. The molecular weight excluding hydrogens is 424 g/mol. The first-order valence-electron chi connectivity index (χ1n) is 10.9.